The third kappa shape index (κ3) is 12.0. The van der Waals surface area contributed by atoms with Crippen LogP contribution < -0.4 is 38.5 Å². The molecule has 0 radical (unpaired) electrons. The number of nitrogens with two attached hydrogens (primary N) is 3. The first-order valence-corrected chi connectivity index (χ1v) is 17.4. The Morgan fingerprint density at radius 1 is 0.615 bits per heavy atom. The van der Waals surface area contributed by atoms with Crippen molar-refractivity contribution >= 4 is 40.3 Å². The number of carbonyl (C=O) groups excluding carboxylic acids is 5. The van der Waals surface area contributed by atoms with Gasteiger partial charge in [-0.3, -0.25) is 29.0 Å². The van der Waals surface area contributed by atoms with Crippen LogP contribution in [0.2, 0.25) is 0 Å². The molecule has 274 valence electrons. The summed E-state index contributed by atoms with van der Waals surface area (Å²) in [6, 6.07) is 20.8. The van der Waals surface area contributed by atoms with Gasteiger partial charge in [0.25, 0.3) is 0 Å². The van der Waals surface area contributed by atoms with Crippen LogP contribution in [0.5, 0.6) is 0 Å². The predicted molar refractivity (Wildman–Crippen MR) is 199 cm³/mol. The molecular formula is C39H48N8O5. The number of amides is 5. The van der Waals surface area contributed by atoms with Crippen LogP contribution in [0.25, 0.3) is 10.8 Å². The van der Waals surface area contributed by atoms with Crippen LogP contribution in [0.3, 0.4) is 0 Å². The molecule has 10 N–H and O–H groups in total. The number of hydrogen-bond acceptors (Lipinski definition) is 8. The molecule has 3 aromatic carbocycles. The summed E-state index contributed by atoms with van der Waals surface area (Å²) in [6.45, 7) is 1.93. The number of benzene rings is 3. The lowest BCUT2D eigenvalue weighted by Crippen LogP contribution is -2.59. The van der Waals surface area contributed by atoms with Gasteiger partial charge in [0.05, 0.1) is 6.04 Å². The summed E-state index contributed by atoms with van der Waals surface area (Å²) in [7, 11) is 0. The minimum atomic E-state index is -1.18. The smallest absolute Gasteiger partial charge is 0.243 e. The van der Waals surface area contributed by atoms with Crippen LogP contribution >= 0.6 is 0 Å². The van der Waals surface area contributed by atoms with E-state index in [1.165, 1.54) is 6.92 Å². The van der Waals surface area contributed by atoms with Crippen molar-refractivity contribution < 1.29 is 24.0 Å². The van der Waals surface area contributed by atoms with E-state index in [4.69, 9.17) is 17.2 Å². The summed E-state index contributed by atoms with van der Waals surface area (Å²) in [5, 5.41) is 13.0. The zero-order valence-corrected chi connectivity index (χ0v) is 29.3. The summed E-state index contributed by atoms with van der Waals surface area (Å²) in [4.78, 5) is 71.1. The zero-order valence-electron chi connectivity index (χ0n) is 29.3. The molecule has 0 saturated heterocycles. The number of nitrogens with one attached hydrogen (secondary N) is 4. The minimum Gasteiger partial charge on any atom is -0.368 e. The lowest BCUT2D eigenvalue weighted by atomic mass is 9.99. The quantitative estimate of drug-likeness (QED) is 0.0699. The number of fused-ring (bicyclic) bond motifs is 1. The molecule has 0 unspecified atom stereocenters. The molecule has 1 heterocycles. The fraction of sp³-hybridized carbons (Fsp3) is 0.333. The van der Waals surface area contributed by atoms with Gasteiger partial charge in [-0.2, -0.15) is 0 Å². The van der Waals surface area contributed by atoms with Crippen molar-refractivity contribution in [3.05, 3.63) is 114 Å². The molecule has 0 fully saturated rings. The largest absolute Gasteiger partial charge is 0.368 e. The second-order valence-corrected chi connectivity index (χ2v) is 12.9. The Bertz CT molecular complexity index is 1800. The predicted octanol–water partition coefficient (Wildman–Crippen LogP) is 1.16. The summed E-state index contributed by atoms with van der Waals surface area (Å²) >= 11 is 0. The molecular weight excluding hydrogens is 660 g/mol. The van der Waals surface area contributed by atoms with Crippen LogP contribution in [-0.2, 0) is 43.2 Å². The van der Waals surface area contributed by atoms with Gasteiger partial charge in [0.2, 0.25) is 29.5 Å². The van der Waals surface area contributed by atoms with E-state index in [1.54, 1.807) is 24.5 Å². The molecule has 0 aliphatic carbocycles. The van der Waals surface area contributed by atoms with Gasteiger partial charge in [-0.1, -0.05) is 78.9 Å². The van der Waals surface area contributed by atoms with Crippen molar-refractivity contribution in [3.63, 3.8) is 0 Å². The molecule has 5 atom stereocenters. The molecule has 13 heteroatoms. The molecule has 0 spiro atoms. The monoisotopic (exact) mass is 708 g/mol. The van der Waals surface area contributed by atoms with Gasteiger partial charge in [0.15, 0.2) is 0 Å². The van der Waals surface area contributed by atoms with Gasteiger partial charge < -0.3 is 38.5 Å². The third-order valence-corrected chi connectivity index (χ3v) is 8.62. The molecule has 5 amide bonds. The topological polar surface area (TPSA) is 224 Å². The lowest BCUT2D eigenvalue weighted by molar-refractivity contribution is -0.134. The number of unbranched alkanes of at least 4 members (excludes halogenated alkanes) is 1. The SMILES string of the molecule is C[C@H](N)C(=O)N[C@@H](Cc1cccnc1)C(=O)N[C@H](Cc1ccc2ccccc2c1)C(=O)N[C@H](Cc1ccccc1)C(=O)N[C@@H](CCCCN)C(N)=O. The Morgan fingerprint density at radius 2 is 1.15 bits per heavy atom. The van der Waals surface area contributed by atoms with Crippen molar-refractivity contribution in [2.75, 3.05) is 6.54 Å². The maximum atomic E-state index is 14.3. The van der Waals surface area contributed by atoms with Crippen molar-refractivity contribution in [2.24, 2.45) is 17.2 Å². The Kier molecular flexibility index (Phi) is 14.8. The maximum absolute atomic E-state index is 14.3. The maximum Gasteiger partial charge on any atom is 0.243 e. The van der Waals surface area contributed by atoms with Crippen LogP contribution in [0.1, 0.15) is 42.9 Å². The van der Waals surface area contributed by atoms with Crippen molar-refractivity contribution in [3.8, 4) is 0 Å². The van der Waals surface area contributed by atoms with Gasteiger partial charge in [-0.05, 0) is 66.3 Å². The fourth-order valence-corrected chi connectivity index (χ4v) is 5.73. The van der Waals surface area contributed by atoms with Crippen LogP contribution in [-0.4, -0.2) is 71.3 Å². The van der Waals surface area contributed by atoms with Gasteiger partial charge in [0, 0.05) is 31.7 Å². The lowest BCUT2D eigenvalue weighted by Gasteiger charge is -2.27. The average molecular weight is 709 g/mol. The van der Waals surface area contributed by atoms with Crippen molar-refractivity contribution in [1.82, 2.24) is 26.3 Å². The standard InChI is InChI=1S/C39H48N8O5/c1-25(41)36(49)45-34(23-28-12-9-19-43-24-28)39(52)47-33(22-27-16-17-29-13-5-6-14-30(29)20-27)38(51)46-32(21-26-10-3-2-4-11-26)37(50)44-31(35(42)48)15-7-8-18-40/h2-6,9-14,16-17,19-20,24-25,31-34H,7-8,15,18,21-23,40-41H2,1H3,(H2,42,48)(H,44,50)(H,45,49)(H,46,51)(H,47,52)/t25-,31-,32+,33+,34-/m0/s1. The number of primary amides is 1. The molecule has 4 aromatic rings. The van der Waals surface area contributed by atoms with E-state index in [-0.39, 0.29) is 25.7 Å². The summed E-state index contributed by atoms with van der Waals surface area (Å²) in [5.41, 5.74) is 19.2. The molecule has 0 aliphatic heterocycles. The van der Waals surface area contributed by atoms with E-state index in [0.29, 0.717) is 24.9 Å². The highest BCUT2D eigenvalue weighted by Gasteiger charge is 2.32. The first-order valence-electron chi connectivity index (χ1n) is 17.4. The zero-order chi connectivity index (χ0) is 37.5. The van der Waals surface area contributed by atoms with Crippen LogP contribution in [0.15, 0.2) is 97.3 Å². The highest BCUT2D eigenvalue weighted by Crippen LogP contribution is 2.17. The van der Waals surface area contributed by atoms with Gasteiger partial charge in [-0.25, -0.2) is 0 Å². The molecule has 0 bridgehead atoms. The Balaban J connectivity index is 1.64. The molecule has 52 heavy (non-hydrogen) atoms. The summed E-state index contributed by atoms with van der Waals surface area (Å²) < 4.78 is 0. The first-order chi connectivity index (χ1) is 25.0. The number of pyridine rings is 1. The first kappa shape index (κ1) is 39.1. The van der Waals surface area contributed by atoms with E-state index >= 15 is 0 Å². The van der Waals surface area contributed by atoms with Gasteiger partial charge >= 0.3 is 0 Å². The Labute approximate surface area is 303 Å². The molecule has 0 aliphatic rings. The second kappa shape index (κ2) is 19.7. The van der Waals surface area contributed by atoms with E-state index in [2.05, 4.69) is 26.3 Å². The Hall–Kier alpha value is -5.66. The number of rotatable bonds is 19. The van der Waals surface area contributed by atoms with Gasteiger partial charge in [-0.15, -0.1) is 0 Å². The molecule has 13 nitrogen and oxygen atoms in total. The van der Waals surface area contributed by atoms with Crippen LogP contribution in [0, 0.1) is 0 Å². The van der Waals surface area contributed by atoms with Crippen molar-refractivity contribution in [1.29, 1.82) is 0 Å². The van der Waals surface area contributed by atoms with Crippen molar-refractivity contribution in [2.45, 2.75) is 75.7 Å². The Morgan fingerprint density at radius 3 is 1.73 bits per heavy atom. The van der Waals surface area contributed by atoms with Crippen LogP contribution in [0.4, 0.5) is 0 Å². The molecule has 1 aromatic heterocycles. The highest BCUT2D eigenvalue weighted by molar-refractivity contribution is 5.96. The summed E-state index contributed by atoms with van der Waals surface area (Å²) in [5.74, 6) is -3.13. The van der Waals surface area contributed by atoms with E-state index in [9.17, 15) is 24.0 Å². The molecule has 0 saturated carbocycles. The molecule has 4 rings (SSSR count). The number of nitrogens with zero attached hydrogens (tertiary/aromatic N) is 1. The number of carbonyl (C=O) groups is 5. The second-order valence-electron chi connectivity index (χ2n) is 12.9. The van der Waals surface area contributed by atoms with E-state index < -0.39 is 59.7 Å². The average Bonchev–Trinajstić information content (AvgIpc) is 3.14. The normalized spacial score (nSPS) is 13.9. The number of aromatic nitrogens is 1. The van der Waals surface area contributed by atoms with E-state index in [0.717, 1.165) is 21.9 Å². The highest BCUT2D eigenvalue weighted by atomic mass is 16.2. The summed E-state index contributed by atoms with van der Waals surface area (Å²) in [6.07, 6.45) is 4.92. The van der Waals surface area contributed by atoms with Gasteiger partial charge in [0.1, 0.15) is 24.2 Å². The third-order valence-electron chi connectivity index (χ3n) is 8.62. The fourth-order valence-electron chi connectivity index (χ4n) is 5.73. The number of hydrogen-bond donors (Lipinski definition) is 7. The minimum absolute atomic E-state index is 0.0614. The van der Waals surface area contributed by atoms with E-state index in [1.807, 2.05) is 72.8 Å².